The first kappa shape index (κ1) is 23.5. The lowest BCUT2D eigenvalue weighted by Gasteiger charge is -2.22. The predicted octanol–water partition coefficient (Wildman–Crippen LogP) is 4.14. The Kier molecular flexibility index (Phi) is 8.05. The van der Waals surface area contributed by atoms with Crippen molar-refractivity contribution in [1.82, 2.24) is 5.32 Å². The van der Waals surface area contributed by atoms with E-state index in [0.717, 1.165) is 38.2 Å². The zero-order valence-electron chi connectivity index (χ0n) is 17.6. The normalized spacial score (nSPS) is 13.8. The van der Waals surface area contributed by atoms with Crippen LogP contribution in [0.3, 0.4) is 0 Å². The molecule has 0 aliphatic heterocycles. The third kappa shape index (κ3) is 6.20. The lowest BCUT2D eigenvalue weighted by molar-refractivity contribution is -0.118. The molecule has 170 valence electrons. The number of nitrogens with one attached hydrogen (secondary N) is 2. The zero-order valence-corrected chi connectivity index (χ0v) is 18.3. The monoisotopic (exact) mass is 462 g/mol. The molecule has 0 unspecified atom stereocenters. The smallest absolute Gasteiger partial charge is 0.292 e. The molecule has 0 bridgehead atoms. The molecule has 1 aliphatic carbocycles. The summed E-state index contributed by atoms with van der Waals surface area (Å²) in [4.78, 5) is 37.0. The molecular weight excluding hydrogens is 439 g/mol. The summed E-state index contributed by atoms with van der Waals surface area (Å²) in [5.41, 5.74) is 0.406. The van der Waals surface area contributed by atoms with Crippen molar-refractivity contribution in [1.29, 1.82) is 0 Å². The highest BCUT2D eigenvalue weighted by Crippen LogP contribution is 2.29. The fourth-order valence-corrected chi connectivity index (χ4v) is 3.69. The lowest BCUT2D eigenvalue weighted by atomic mass is 9.95. The van der Waals surface area contributed by atoms with Crippen LogP contribution in [0.5, 0.6) is 11.5 Å². The number of benzene rings is 2. The predicted molar refractivity (Wildman–Crippen MR) is 118 cm³/mol. The van der Waals surface area contributed by atoms with Crippen LogP contribution in [-0.4, -0.2) is 37.4 Å². The van der Waals surface area contributed by atoms with Gasteiger partial charge in [-0.2, -0.15) is 0 Å². The first-order chi connectivity index (χ1) is 15.4. The standard InChI is InChI=1S/C23H24ClFN2O5/c1-31-20-11-14(22(29)23(30)26-16-5-3-2-4-6-16)7-10-19(20)32-13-21(28)27-18-9-8-15(25)12-17(18)24/h7-12,16H,2-6,13H2,1H3,(H,26,30)(H,27,28). The van der Waals surface area contributed by atoms with E-state index in [0.29, 0.717) is 0 Å². The van der Waals surface area contributed by atoms with Crippen LogP contribution in [0.15, 0.2) is 36.4 Å². The van der Waals surface area contributed by atoms with E-state index in [-0.39, 0.29) is 40.4 Å². The summed E-state index contributed by atoms with van der Waals surface area (Å²) in [5.74, 6) is -1.93. The topological polar surface area (TPSA) is 93.7 Å². The second kappa shape index (κ2) is 10.9. The van der Waals surface area contributed by atoms with Crippen LogP contribution < -0.4 is 20.1 Å². The number of amides is 2. The number of carbonyl (C=O) groups is 3. The molecule has 3 rings (SSSR count). The number of Topliss-reactive ketones (excluding diaryl/α,β-unsaturated/α-hetero) is 1. The van der Waals surface area contributed by atoms with Crippen molar-refractivity contribution < 1.29 is 28.2 Å². The van der Waals surface area contributed by atoms with Gasteiger partial charge in [0.25, 0.3) is 11.8 Å². The Balaban J connectivity index is 1.60. The fourth-order valence-electron chi connectivity index (χ4n) is 3.48. The molecule has 2 amide bonds. The Hall–Kier alpha value is -3.13. The van der Waals surface area contributed by atoms with E-state index in [4.69, 9.17) is 21.1 Å². The second-order valence-electron chi connectivity index (χ2n) is 7.46. The molecule has 2 aromatic rings. The minimum absolute atomic E-state index is 0.0258. The minimum Gasteiger partial charge on any atom is -0.493 e. The van der Waals surface area contributed by atoms with E-state index < -0.39 is 23.4 Å². The molecule has 1 saturated carbocycles. The van der Waals surface area contributed by atoms with Crippen molar-refractivity contribution in [3.63, 3.8) is 0 Å². The summed E-state index contributed by atoms with van der Waals surface area (Å²) >= 11 is 5.89. The maximum Gasteiger partial charge on any atom is 0.292 e. The number of anilines is 1. The van der Waals surface area contributed by atoms with Crippen LogP contribution in [0.25, 0.3) is 0 Å². The number of carbonyl (C=O) groups excluding carboxylic acids is 3. The van der Waals surface area contributed by atoms with Crippen molar-refractivity contribution in [2.45, 2.75) is 38.1 Å². The van der Waals surface area contributed by atoms with Gasteiger partial charge in [-0.25, -0.2) is 4.39 Å². The maximum absolute atomic E-state index is 13.1. The summed E-state index contributed by atoms with van der Waals surface area (Å²) < 4.78 is 23.8. The van der Waals surface area contributed by atoms with Gasteiger partial charge in [-0.1, -0.05) is 30.9 Å². The molecule has 1 fully saturated rings. The number of hydrogen-bond acceptors (Lipinski definition) is 5. The molecule has 32 heavy (non-hydrogen) atoms. The highest BCUT2D eigenvalue weighted by molar-refractivity contribution is 6.43. The van der Waals surface area contributed by atoms with Gasteiger partial charge in [0.1, 0.15) is 5.82 Å². The largest absolute Gasteiger partial charge is 0.493 e. The van der Waals surface area contributed by atoms with Crippen LogP contribution in [0.4, 0.5) is 10.1 Å². The molecule has 7 nitrogen and oxygen atoms in total. The lowest BCUT2D eigenvalue weighted by Crippen LogP contribution is -2.40. The summed E-state index contributed by atoms with van der Waals surface area (Å²) in [6.45, 7) is -0.375. The maximum atomic E-state index is 13.1. The van der Waals surface area contributed by atoms with Gasteiger partial charge in [-0.3, -0.25) is 14.4 Å². The number of ketones is 1. The van der Waals surface area contributed by atoms with Crippen LogP contribution in [-0.2, 0) is 9.59 Å². The average molecular weight is 463 g/mol. The molecular formula is C23H24ClFN2O5. The quantitative estimate of drug-likeness (QED) is 0.454. The first-order valence-electron chi connectivity index (χ1n) is 10.3. The van der Waals surface area contributed by atoms with Gasteiger partial charge >= 0.3 is 0 Å². The van der Waals surface area contributed by atoms with E-state index in [9.17, 15) is 18.8 Å². The van der Waals surface area contributed by atoms with Gasteiger partial charge in [-0.15, -0.1) is 0 Å². The van der Waals surface area contributed by atoms with Crippen LogP contribution in [0, 0.1) is 5.82 Å². The summed E-state index contributed by atoms with van der Waals surface area (Å²) in [7, 11) is 1.39. The van der Waals surface area contributed by atoms with E-state index in [1.54, 1.807) is 0 Å². The summed E-state index contributed by atoms with van der Waals surface area (Å²) in [5, 5.41) is 5.37. The van der Waals surface area contributed by atoms with Crippen molar-refractivity contribution in [2.24, 2.45) is 0 Å². The molecule has 2 N–H and O–H groups in total. The molecule has 0 atom stereocenters. The van der Waals surface area contributed by atoms with Crippen molar-refractivity contribution in [3.05, 3.63) is 52.8 Å². The van der Waals surface area contributed by atoms with E-state index in [1.807, 2.05) is 0 Å². The van der Waals surface area contributed by atoms with Crippen molar-refractivity contribution in [3.8, 4) is 11.5 Å². The number of halogens is 2. The number of methoxy groups -OCH3 is 1. The SMILES string of the molecule is COc1cc(C(=O)C(=O)NC2CCCCC2)ccc1OCC(=O)Nc1ccc(F)cc1Cl. The molecule has 1 aliphatic rings. The third-order valence-electron chi connectivity index (χ3n) is 5.14. The summed E-state index contributed by atoms with van der Waals surface area (Å²) in [6.07, 6.45) is 4.98. The first-order valence-corrected chi connectivity index (χ1v) is 10.7. The van der Waals surface area contributed by atoms with E-state index in [2.05, 4.69) is 10.6 Å². The van der Waals surface area contributed by atoms with Gasteiger partial charge < -0.3 is 20.1 Å². The van der Waals surface area contributed by atoms with Gasteiger partial charge in [-0.05, 0) is 49.2 Å². The Bertz CT molecular complexity index is 1010. The summed E-state index contributed by atoms with van der Waals surface area (Å²) in [6, 6.07) is 7.92. The fraction of sp³-hybridized carbons (Fsp3) is 0.348. The Morgan fingerprint density at radius 2 is 1.81 bits per heavy atom. The second-order valence-corrected chi connectivity index (χ2v) is 7.87. The van der Waals surface area contributed by atoms with Crippen LogP contribution in [0.1, 0.15) is 42.5 Å². The third-order valence-corrected chi connectivity index (χ3v) is 5.45. The van der Waals surface area contributed by atoms with Crippen LogP contribution >= 0.6 is 11.6 Å². The highest BCUT2D eigenvalue weighted by Gasteiger charge is 2.23. The molecule has 0 heterocycles. The Labute approximate surface area is 190 Å². The molecule has 0 radical (unpaired) electrons. The number of rotatable bonds is 8. The minimum atomic E-state index is -0.663. The molecule has 0 aromatic heterocycles. The van der Waals surface area contributed by atoms with Gasteiger partial charge in [0.2, 0.25) is 5.78 Å². The highest BCUT2D eigenvalue weighted by atomic mass is 35.5. The number of hydrogen-bond donors (Lipinski definition) is 2. The molecule has 2 aromatic carbocycles. The number of ether oxygens (including phenoxy) is 2. The Morgan fingerprint density at radius 3 is 2.50 bits per heavy atom. The van der Waals surface area contributed by atoms with Gasteiger partial charge in [0.15, 0.2) is 18.1 Å². The molecule has 0 saturated heterocycles. The van der Waals surface area contributed by atoms with E-state index in [1.165, 1.54) is 37.4 Å². The average Bonchev–Trinajstić information content (AvgIpc) is 2.79. The van der Waals surface area contributed by atoms with Gasteiger partial charge in [0, 0.05) is 11.6 Å². The molecule has 0 spiro atoms. The zero-order chi connectivity index (χ0) is 23.1. The Morgan fingerprint density at radius 1 is 1.06 bits per heavy atom. The van der Waals surface area contributed by atoms with E-state index >= 15 is 0 Å². The molecule has 9 heteroatoms. The van der Waals surface area contributed by atoms with Gasteiger partial charge in [0.05, 0.1) is 17.8 Å². The van der Waals surface area contributed by atoms with Crippen LogP contribution in [0.2, 0.25) is 5.02 Å². The van der Waals surface area contributed by atoms with Crippen molar-refractivity contribution >= 4 is 34.9 Å². The van der Waals surface area contributed by atoms with Crippen molar-refractivity contribution in [2.75, 3.05) is 19.0 Å².